The van der Waals surface area contributed by atoms with Crippen molar-refractivity contribution in [2.75, 3.05) is 20.3 Å². The van der Waals surface area contributed by atoms with Gasteiger partial charge in [0.15, 0.2) is 29.5 Å². The highest BCUT2D eigenvalue weighted by molar-refractivity contribution is 5.86. The Bertz CT molecular complexity index is 1770. The fourth-order valence-corrected chi connectivity index (χ4v) is 6.21. The number of fused-ring (bicyclic) bond motifs is 1. The van der Waals surface area contributed by atoms with Crippen LogP contribution in [0.25, 0.3) is 22.3 Å². The number of hydrogen-bond acceptors (Lipinski definition) is 19. The van der Waals surface area contributed by atoms with Gasteiger partial charge in [-0.1, -0.05) is 0 Å². The number of ether oxygens (including phenoxy) is 7. The van der Waals surface area contributed by atoms with Gasteiger partial charge in [0, 0.05) is 23.8 Å². The van der Waals surface area contributed by atoms with E-state index in [4.69, 9.17) is 37.6 Å². The van der Waals surface area contributed by atoms with Gasteiger partial charge in [-0.25, -0.2) is 0 Å². The zero-order chi connectivity index (χ0) is 37.6. The maximum atomic E-state index is 12.7. The Hall–Kier alpha value is -3.67. The average molecular weight is 741 g/mol. The number of hydrogen-bond donors (Lipinski definition) is 10. The predicted molar refractivity (Wildman–Crippen MR) is 170 cm³/mol. The Kier molecular flexibility index (Phi) is 11.2. The Morgan fingerprint density at radius 3 is 2.21 bits per heavy atom. The molecule has 3 saturated heterocycles. The van der Waals surface area contributed by atoms with Gasteiger partial charge < -0.3 is 88.6 Å². The second-order valence-electron chi connectivity index (χ2n) is 12.6. The number of methoxy groups -OCH3 is 1. The molecule has 14 atom stereocenters. The number of rotatable bonds is 9. The Balaban J connectivity index is 1.16. The molecule has 1 aromatic heterocycles. The van der Waals surface area contributed by atoms with E-state index in [2.05, 4.69) is 0 Å². The van der Waals surface area contributed by atoms with E-state index in [1.165, 1.54) is 38.3 Å². The van der Waals surface area contributed by atoms with Crippen LogP contribution in [0.3, 0.4) is 0 Å². The molecule has 10 N–H and O–H groups in total. The maximum absolute atomic E-state index is 12.7. The Morgan fingerprint density at radius 1 is 0.769 bits per heavy atom. The molecule has 52 heavy (non-hydrogen) atoms. The normalized spacial score (nSPS) is 36.8. The summed E-state index contributed by atoms with van der Waals surface area (Å²) in [6, 6.07) is 7.60. The fourth-order valence-electron chi connectivity index (χ4n) is 6.21. The molecule has 0 aliphatic carbocycles. The van der Waals surface area contributed by atoms with Crippen molar-refractivity contribution < 1.29 is 88.6 Å². The molecule has 19 nitrogen and oxygen atoms in total. The quantitative estimate of drug-likeness (QED) is 0.107. The molecular weight excluding hydrogens is 700 g/mol. The second kappa shape index (κ2) is 15.4. The monoisotopic (exact) mass is 740 g/mol. The molecule has 3 aliphatic heterocycles. The van der Waals surface area contributed by atoms with Crippen LogP contribution in [-0.4, -0.2) is 157 Å². The van der Waals surface area contributed by atoms with Crippen molar-refractivity contribution in [2.45, 2.75) is 92.9 Å². The van der Waals surface area contributed by atoms with Crippen LogP contribution in [0.5, 0.6) is 23.0 Å². The van der Waals surface area contributed by atoms with Gasteiger partial charge in [-0.3, -0.25) is 4.79 Å². The molecule has 0 radical (unpaired) electrons. The lowest BCUT2D eigenvalue weighted by Gasteiger charge is -2.46. The van der Waals surface area contributed by atoms with Crippen molar-refractivity contribution >= 4 is 11.0 Å². The SMILES string of the molecule is COc1cc(-c2cc(=O)c3c(O)cc(O)cc3o2)ccc1OC1OC(CO)C(O)C(OC2OCC(OC3OC(C)C(O)C(O)C3O)C(O)C2O)C1O. The summed E-state index contributed by atoms with van der Waals surface area (Å²) in [6.45, 7) is 0.221. The summed E-state index contributed by atoms with van der Waals surface area (Å²) >= 11 is 0. The fraction of sp³-hybridized carbons (Fsp3) is 0.545. The first-order valence-corrected chi connectivity index (χ1v) is 16.2. The Morgan fingerprint density at radius 2 is 1.50 bits per heavy atom. The second-order valence-corrected chi connectivity index (χ2v) is 12.6. The highest BCUT2D eigenvalue weighted by atomic mass is 16.8. The maximum Gasteiger partial charge on any atom is 0.229 e. The third-order valence-electron chi connectivity index (χ3n) is 9.15. The number of benzene rings is 2. The largest absolute Gasteiger partial charge is 0.508 e. The first-order valence-electron chi connectivity index (χ1n) is 16.2. The molecular formula is C33H40O19. The summed E-state index contributed by atoms with van der Waals surface area (Å²) in [4.78, 5) is 12.7. The van der Waals surface area contributed by atoms with E-state index in [0.29, 0.717) is 5.56 Å². The molecule has 0 spiro atoms. The standard InChI is InChI=1S/C33H40O19/c1-11-23(38)26(41)28(43)32(47-11)51-21-10-46-31(27(42)24(21)39)52-30-25(40)20(9-34)50-33(29(30)44)49-16-4-3-12(5-18(16)45-2)17-8-15(37)22-14(36)6-13(35)7-19(22)48-17/h3-8,11,20-21,23-36,38-44H,9-10H2,1-2H3. The van der Waals surface area contributed by atoms with E-state index in [9.17, 15) is 55.9 Å². The summed E-state index contributed by atoms with van der Waals surface area (Å²) in [5, 5.41) is 104. The highest BCUT2D eigenvalue weighted by Gasteiger charge is 2.51. The van der Waals surface area contributed by atoms with Crippen molar-refractivity contribution in [3.8, 4) is 34.3 Å². The summed E-state index contributed by atoms with van der Waals surface area (Å²) in [7, 11) is 1.31. The zero-order valence-electron chi connectivity index (χ0n) is 27.6. The van der Waals surface area contributed by atoms with E-state index >= 15 is 0 Å². The zero-order valence-corrected chi connectivity index (χ0v) is 27.6. The van der Waals surface area contributed by atoms with Crippen LogP contribution < -0.4 is 14.9 Å². The van der Waals surface area contributed by atoms with Crippen molar-refractivity contribution in [3.05, 3.63) is 46.6 Å². The van der Waals surface area contributed by atoms with Gasteiger partial charge in [-0.2, -0.15) is 0 Å². The first kappa shape index (κ1) is 38.1. The average Bonchev–Trinajstić information content (AvgIpc) is 3.11. The van der Waals surface area contributed by atoms with Gasteiger partial charge in [0.25, 0.3) is 0 Å². The molecule has 0 bridgehead atoms. The highest BCUT2D eigenvalue weighted by Crippen LogP contribution is 2.37. The molecule has 0 saturated carbocycles. The molecule has 286 valence electrons. The van der Waals surface area contributed by atoms with Crippen molar-refractivity contribution in [2.24, 2.45) is 0 Å². The van der Waals surface area contributed by atoms with Crippen LogP contribution in [0, 0.1) is 0 Å². The number of phenolic OH excluding ortho intramolecular Hbond substituents is 2. The molecule has 19 heteroatoms. The molecule has 3 fully saturated rings. The lowest BCUT2D eigenvalue weighted by molar-refractivity contribution is -0.359. The van der Waals surface area contributed by atoms with Crippen LogP contribution in [0.15, 0.2) is 45.6 Å². The van der Waals surface area contributed by atoms with E-state index in [1.54, 1.807) is 0 Å². The minimum Gasteiger partial charge on any atom is -0.508 e. The third-order valence-corrected chi connectivity index (χ3v) is 9.15. The van der Waals surface area contributed by atoms with E-state index < -0.39 is 110 Å². The molecule has 14 unspecified atom stereocenters. The van der Waals surface area contributed by atoms with Crippen molar-refractivity contribution in [3.63, 3.8) is 0 Å². The summed E-state index contributed by atoms with van der Waals surface area (Å²) in [6.07, 6.45) is -21.8. The van der Waals surface area contributed by atoms with Crippen LogP contribution in [-0.2, 0) is 23.7 Å². The lowest BCUT2D eigenvalue weighted by atomic mass is 9.98. The van der Waals surface area contributed by atoms with Gasteiger partial charge in [0.2, 0.25) is 6.29 Å². The number of aliphatic hydroxyl groups is 8. The molecule has 3 aromatic rings. The molecule has 2 aromatic carbocycles. The molecule has 3 aliphatic rings. The smallest absolute Gasteiger partial charge is 0.229 e. The van der Waals surface area contributed by atoms with Crippen molar-refractivity contribution in [1.82, 2.24) is 0 Å². The third kappa shape index (κ3) is 7.28. The van der Waals surface area contributed by atoms with Gasteiger partial charge >= 0.3 is 0 Å². The van der Waals surface area contributed by atoms with Gasteiger partial charge in [0.1, 0.15) is 89.3 Å². The van der Waals surface area contributed by atoms with Crippen LogP contribution >= 0.6 is 0 Å². The van der Waals surface area contributed by atoms with Crippen LogP contribution in [0.2, 0.25) is 0 Å². The predicted octanol–water partition coefficient (Wildman–Crippen LogP) is -2.63. The van der Waals surface area contributed by atoms with E-state index in [-0.39, 0.29) is 34.0 Å². The molecule has 4 heterocycles. The van der Waals surface area contributed by atoms with E-state index in [1.807, 2.05) is 0 Å². The van der Waals surface area contributed by atoms with Crippen molar-refractivity contribution in [1.29, 1.82) is 0 Å². The molecule has 6 rings (SSSR count). The number of phenols is 2. The minimum atomic E-state index is -1.85. The summed E-state index contributed by atoms with van der Waals surface area (Å²) in [5.41, 5.74) is -0.341. The first-order chi connectivity index (χ1) is 24.7. The van der Waals surface area contributed by atoms with E-state index in [0.717, 1.165) is 12.1 Å². The Labute approximate surface area is 293 Å². The lowest BCUT2D eigenvalue weighted by Crippen LogP contribution is -2.64. The van der Waals surface area contributed by atoms with Crippen LogP contribution in [0.4, 0.5) is 0 Å². The van der Waals surface area contributed by atoms with Gasteiger partial charge in [-0.15, -0.1) is 0 Å². The summed E-state index contributed by atoms with van der Waals surface area (Å²) < 4.78 is 44.9. The topological polar surface area (TPSA) is 297 Å². The van der Waals surface area contributed by atoms with Crippen LogP contribution in [0.1, 0.15) is 6.92 Å². The number of aromatic hydroxyl groups is 2. The van der Waals surface area contributed by atoms with Gasteiger partial charge in [-0.05, 0) is 25.1 Å². The number of aliphatic hydroxyl groups excluding tert-OH is 8. The van der Waals surface area contributed by atoms with Gasteiger partial charge in [0.05, 0.1) is 26.4 Å². The summed E-state index contributed by atoms with van der Waals surface area (Å²) in [5.74, 6) is -0.688. The minimum absolute atomic E-state index is 0.0102. The molecule has 0 amide bonds.